The van der Waals surface area contributed by atoms with Crippen LogP contribution in [0.5, 0.6) is 0 Å². The maximum Gasteiger partial charge on any atom is 0.0967 e. The summed E-state index contributed by atoms with van der Waals surface area (Å²) < 4.78 is 5.25. The first-order valence-corrected chi connectivity index (χ1v) is 4.38. The first-order valence-electron chi connectivity index (χ1n) is 3.32. The molecule has 0 atom stereocenters. The molecule has 64 valence electrons. The quantitative estimate of drug-likeness (QED) is 0.603. The zero-order valence-electron chi connectivity index (χ0n) is 7.03. The average Bonchev–Trinajstić information content (AvgIpc) is 1.62. The molecule has 0 aliphatic rings. The van der Waals surface area contributed by atoms with E-state index in [9.17, 15) is 0 Å². The van der Waals surface area contributed by atoms with Crippen molar-refractivity contribution in [1.29, 1.82) is 0 Å². The maximum absolute atomic E-state index is 5.25. The summed E-state index contributed by atoms with van der Waals surface area (Å²) >= 11 is 9.53. The summed E-state index contributed by atoms with van der Waals surface area (Å²) in [7, 11) is 0. The fourth-order valence-electron chi connectivity index (χ4n) is 0.544. The van der Waals surface area contributed by atoms with Crippen LogP contribution < -0.4 is 0 Å². The number of hydrogen-bond acceptors (Lipinski definition) is 1. The Balaban J connectivity index is 0. The highest BCUT2D eigenvalue weighted by Gasteiger charge is 1.94. The molecule has 0 saturated carbocycles. The highest BCUT2D eigenvalue weighted by Crippen LogP contribution is 1.93. The Labute approximate surface area is 73.7 Å². The van der Waals surface area contributed by atoms with Crippen molar-refractivity contribution in [3.8, 4) is 0 Å². The normalized spacial score (nSPS) is 9.60. The lowest BCUT2D eigenvalue weighted by molar-refractivity contribution is 0.0300. The third kappa shape index (κ3) is 23.6. The van der Waals surface area contributed by atoms with Crippen LogP contribution in [0.15, 0.2) is 0 Å². The molecule has 0 aromatic carbocycles. The van der Waals surface area contributed by atoms with Gasteiger partial charge in [0.1, 0.15) is 0 Å². The van der Waals surface area contributed by atoms with Crippen LogP contribution in [0.4, 0.5) is 0 Å². The first kappa shape index (κ1) is 13.2. The zero-order chi connectivity index (χ0) is 8.57. The average molecular weight is 187 g/mol. The Hall–Kier alpha value is 0.540. The summed E-state index contributed by atoms with van der Waals surface area (Å²) in [5, 5.41) is 0.194. The van der Waals surface area contributed by atoms with Crippen molar-refractivity contribution in [3.63, 3.8) is 0 Å². The number of rotatable bonds is 2. The smallest absolute Gasteiger partial charge is 0.0967 e. The van der Waals surface area contributed by atoms with Gasteiger partial charge in [0.15, 0.2) is 0 Å². The third-order valence-corrected chi connectivity index (χ3v) is 0.544. The molecule has 0 aliphatic carbocycles. The monoisotopic (exact) mass is 186 g/mol. The second-order valence-electron chi connectivity index (χ2n) is 2.33. The second kappa shape index (κ2) is 9.54. The summed E-state index contributed by atoms with van der Waals surface area (Å²) in [6.07, 6.45) is 0.750. The molecule has 0 N–H and O–H groups in total. The molecule has 0 bridgehead atoms. The predicted molar refractivity (Wildman–Crippen MR) is 47.9 cm³/mol. The molecule has 0 unspecified atom stereocenters. The fourth-order valence-corrected chi connectivity index (χ4v) is 0.544. The van der Waals surface area contributed by atoms with Crippen molar-refractivity contribution in [2.45, 2.75) is 39.9 Å². The molecular weight excluding hydrogens is 171 g/mol. The van der Waals surface area contributed by atoms with Crippen molar-refractivity contribution in [2.24, 2.45) is 0 Å². The number of hydrogen-bond donors (Lipinski definition) is 0. The number of halogens is 2. The molecule has 0 aromatic heterocycles. The largest absolute Gasteiger partial charge is 0.376 e. The summed E-state index contributed by atoms with van der Waals surface area (Å²) in [6, 6.07) is 0. The first-order chi connectivity index (χ1) is 4.54. The van der Waals surface area contributed by atoms with Crippen LogP contribution >= 0.6 is 23.2 Å². The van der Waals surface area contributed by atoms with Gasteiger partial charge in [0.25, 0.3) is 0 Å². The molecule has 0 spiro atoms. The van der Waals surface area contributed by atoms with Gasteiger partial charge in [0.05, 0.1) is 17.5 Å². The summed E-state index contributed by atoms with van der Waals surface area (Å²) in [6.45, 7) is 8.17. The van der Waals surface area contributed by atoms with Crippen LogP contribution in [0.25, 0.3) is 0 Å². The van der Waals surface area contributed by atoms with Crippen LogP contribution in [0, 0.1) is 0 Å². The van der Waals surface area contributed by atoms with E-state index in [4.69, 9.17) is 27.9 Å². The molecule has 0 saturated heterocycles. The van der Waals surface area contributed by atoms with E-state index in [0.29, 0.717) is 12.2 Å². The van der Waals surface area contributed by atoms with E-state index in [1.807, 2.05) is 27.7 Å². The molecule has 0 aromatic rings. The van der Waals surface area contributed by atoms with Crippen LogP contribution in [0.3, 0.4) is 0 Å². The summed E-state index contributed by atoms with van der Waals surface area (Å²) in [5.74, 6) is 0. The highest BCUT2D eigenvalue weighted by molar-refractivity contribution is 6.40. The molecule has 1 nitrogen and oxygen atoms in total. The Bertz CT molecular complexity index is 49.6. The van der Waals surface area contributed by atoms with Crippen LogP contribution in [-0.2, 0) is 4.74 Å². The van der Waals surface area contributed by atoms with Crippen molar-refractivity contribution in [1.82, 2.24) is 0 Å². The predicted octanol–water partition coefficient (Wildman–Crippen LogP) is 3.24. The van der Waals surface area contributed by atoms with Crippen LogP contribution in [-0.4, -0.2) is 17.5 Å². The summed E-state index contributed by atoms with van der Waals surface area (Å²) in [4.78, 5) is 0. The lowest BCUT2D eigenvalue weighted by atomic mass is 10.4. The van der Waals surface area contributed by atoms with Gasteiger partial charge in [-0.05, 0) is 27.7 Å². The molecule has 0 aliphatic heterocycles. The van der Waals surface area contributed by atoms with Gasteiger partial charge in [-0.25, -0.2) is 0 Å². The Morgan fingerprint density at radius 3 is 1.20 bits per heavy atom. The van der Waals surface area contributed by atoms with Crippen molar-refractivity contribution in [3.05, 3.63) is 0 Å². The molecule has 3 heteroatoms. The SMILES string of the molecule is CC(C)OC(C)C.ClCCl. The highest BCUT2D eigenvalue weighted by atomic mass is 35.5. The van der Waals surface area contributed by atoms with E-state index >= 15 is 0 Å². The summed E-state index contributed by atoms with van der Waals surface area (Å²) in [5.41, 5.74) is 0. The van der Waals surface area contributed by atoms with E-state index < -0.39 is 0 Å². The van der Waals surface area contributed by atoms with E-state index in [2.05, 4.69) is 0 Å². The minimum atomic E-state index is 0.194. The molecule has 0 heterocycles. The van der Waals surface area contributed by atoms with E-state index in [1.165, 1.54) is 0 Å². The third-order valence-electron chi connectivity index (χ3n) is 0.544. The lowest BCUT2D eigenvalue weighted by Gasteiger charge is -2.09. The van der Waals surface area contributed by atoms with Gasteiger partial charge in [-0.3, -0.25) is 0 Å². The maximum atomic E-state index is 5.25. The van der Waals surface area contributed by atoms with Crippen molar-refractivity contribution >= 4 is 23.2 Å². The van der Waals surface area contributed by atoms with Gasteiger partial charge >= 0.3 is 0 Å². The van der Waals surface area contributed by atoms with Crippen LogP contribution in [0.2, 0.25) is 0 Å². The second-order valence-corrected chi connectivity index (χ2v) is 3.14. The zero-order valence-corrected chi connectivity index (χ0v) is 8.54. The standard InChI is InChI=1S/C6H14O.CH2Cl2/c1-5(2)7-6(3)4;2-1-3/h5-6H,1-4H3;1H2. The van der Waals surface area contributed by atoms with Crippen LogP contribution in [0.1, 0.15) is 27.7 Å². The van der Waals surface area contributed by atoms with E-state index in [1.54, 1.807) is 0 Å². The van der Waals surface area contributed by atoms with Gasteiger partial charge < -0.3 is 4.74 Å². The minimum absolute atomic E-state index is 0.194. The topological polar surface area (TPSA) is 9.23 Å². The molecule has 0 radical (unpaired) electrons. The minimum Gasteiger partial charge on any atom is -0.376 e. The molecule has 0 amide bonds. The lowest BCUT2D eigenvalue weighted by Crippen LogP contribution is -2.09. The van der Waals surface area contributed by atoms with Gasteiger partial charge in [0.2, 0.25) is 0 Å². The Morgan fingerprint density at radius 1 is 1.00 bits per heavy atom. The number of alkyl halides is 2. The van der Waals surface area contributed by atoms with Crippen molar-refractivity contribution in [2.75, 3.05) is 5.34 Å². The van der Waals surface area contributed by atoms with Gasteiger partial charge in [-0.15, -0.1) is 23.2 Å². The Kier molecular flexibility index (Phi) is 12.5. The molecule has 10 heavy (non-hydrogen) atoms. The van der Waals surface area contributed by atoms with Gasteiger partial charge in [0, 0.05) is 0 Å². The van der Waals surface area contributed by atoms with E-state index in [-0.39, 0.29) is 5.34 Å². The van der Waals surface area contributed by atoms with Gasteiger partial charge in [-0.2, -0.15) is 0 Å². The number of ether oxygens (including phenoxy) is 1. The Morgan fingerprint density at radius 2 is 1.20 bits per heavy atom. The fraction of sp³-hybridized carbons (Fsp3) is 1.00. The molecular formula is C7H16Cl2O. The van der Waals surface area contributed by atoms with E-state index in [0.717, 1.165) is 0 Å². The van der Waals surface area contributed by atoms with Gasteiger partial charge in [-0.1, -0.05) is 0 Å². The van der Waals surface area contributed by atoms with Crippen molar-refractivity contribution < 1.29 is 4.74 Å². The molecule has 0 rings (SSSR count). The molecule has 0 fully saturated rings.